The molecule has 1 saturated heterocycles. The molecule has 184 valence electrons. The molecule has 1 aromatic carbocycles. The summed E-state index contributed by atoms with van der Waals surface area (Å²) in [6.07, 6.45) is -0.754. The number of methoxy groups -OCH3 is 1. The Bertz CT molecular complexity index is 1130. The van der Waals surface area contributed by atoms with Crippen molar-refractivity contribution in [1.29, 1.82) is 0 Å². The monoisotopic (exact) mass is 478 g/mol. The maximum Gasteiger partial charge on any atom is 0.341 e. The van der Waals surface area contributed by atoms with Gasteiger partial charge in [0.1, 0.15) is 17.9 Å². The van der Waals surface area contributed by atoms with Crippen LogP contribution in [-0.4, -0.2) is 60.8 Å². The van der Waals surface area contributed by atoms with Crippen molar-refractivity contribution < 1.29 is 32.9 Å². The van der Waals surface area contributed by atoms with E-state index in [1.54, 1.807) is 23.9 Å². The molecule has 0 radical (unpaired) electrons. The summed E-state index contributed by atoms with van der Waals surface area (Å²) >= 11 is 0. The van der Waals surface area contributed by atoms with Gasteiger partial charge in [0.2, 0.25) is 0 Å². The lowest BCUT2D eigenvalue weighted by atomic mass is 9.92. The lowest BCUT2D eigenvalue weighted by Crippen LogP contribution is -2.50. The van der Waals surface area contributed by atoms with Crippen molar-refractivity contribution in [2.45, 2.75) is 50.8 Å². The van der Waals surface area contributed by atoms with Crippen molar-refractivity contribution in [3.05, 3.63) is 51.8 Å². The van der Waals surface area contributed by atoms with E-state index in [-0.39, 0.29) is 5.56 Å². The Morgan fingerprint density at radius 2 is 2.03 bits per heavy atom. The molecule has 2 aromatic rings. The molecule has 0 spiro atoms. The maximum absolute atomic E-state index is 13.0. The molecule has 0 saturated carbocycles. The zero-order chi connectivity index (χ0) is 24.6. The number of rotatable bonds is 9. The Kier molecular flexibility index (Phi) is 6.64. The third kappa shape index (κ3) is 4.39. The minimum absolute atomic E-state index is 0.364. The molecule has 2 atom stereocenters. The highest BCUT2D eigenvalue weighted by Gasteiger charge is 2.51. The van der Waals surface area contributed by atoms with E-state index in [0.29, 0.717) is 43.1 Å². The fraction of sp³-hybridized carbons (Fsp3) is 0.500. The van der Waals surface area contributed by atoms with E-state index in [1.165, 1.54) is 12.3 Å². The van der Waals surface area contributed by atoms with Gasteiger partial charge in [0.25, 0.3) is 6.43 Å². The van der Waals surface area contributed by atoms with Crippen LogP contribution in [-0.2, 0) is 9.47 Å². The summed E-state index contributed by atoms with van der Waals surface area (Å²) in [4.78, 5) is 24.2. The second kappa shape index (κ2) is 9.34. The van der Waals surface area contributed by atoms with Gasteiger partial charge in [0, 0.05) is 44.4 Å². The molecule has 0 aliphatic carbocycles. The number of pyridine rings is 1. The van der Waals surface area contributed by atoms with Crippen molar-refractivity contribution in [3.8, 4) is 17.0 Å². The van der Waals surface area contributed by atoms with Crippen molar-refractivity contribution in [1.82, 2.24) is 4.68 Å². The fourth-order valence-corrected chi connectivity index (χ4v) is 4.90. The zero-order valence-electron chi connectivity index (χ0n) is 19.3. The molecule has 4 rings (SSSR count). The van der Waals surface area contributed by atoms with Crippen LogP contribution < -0.4 is 15.2 Å². The minimum Gasteiger partial charge on any atom is -0.493 e. The van der Waals surface area contributed by atoms with Gasteiger partial charge < -0.3 is 19.3 Å². The van der Waals surface area contributed by atoms with E-state index in [9.17, 15) is 23.5 Å². The Morgan fingerprint density at radius 3 is 2.71 bits per heavy atom. The Balaban J connectivity index is 1.84. The maximum atomic E-state index is 13.0. The van der Waals surface area contributed by atoms with Crippen LogP contribution in [0.2, 0.25) is 0 Å². The third-order valence-corrected chi connectivity index (χ3v) is 6.25. The van der Waals surface area contributed by atoms with Crippen molar-refractivity contribution in [2.24, 2.45) is 0 Å². The van der Waals surface area contributed by atoms with E-state index in [4.69, 9.17) is 14.2 Å². The second-order valence-electron chi connectivity index (χ2n) is 9.10. The number of aromatic nitrogens is 1. The molecule has 10 heteroatoms. The molecular weight excluding hydrogens is 450 g/mol. The first-order valence-electron chi connectivity index (χ1n) is 11.1. The predicted octanol–water partition coefficient (Wildman–Crippen LogP) is 3.45. The van der Waals surface area contributed by atoms with E-state index in [0.717, 1.165) is 5.56 Å². The van der Waals surface area contributed by atoms with E-state index < -0.39 is 42.1 Å². The van der Waals surface area contributed by atoms with Crippen LogP contribution in [0.4, 0.5) is 8.78 Å². The molecule has 0 amide bonds. The smallest absolute Gasteiger partial charge is 0.341 e. The highest BCUT2D eigenvalue weighted by molar-refractivity contribution is 5.88. The highest BCUT2D eigenvalue weighted by Crippen LogP contribution is 2.49. The fourth-order valence-electron chi connectivity index (χ4n) is 4.90. The quantitative estimate of drug-likeness (QED) is 0.552. The van der Waals surface area contributed by atoms with E-state index >= 15 is 0 Å². The number of benzene rings is 1. The third-order valence-electron chi connectivity index (χ3n) is 6.25. The first kappa shape index (κ1) is 24.2. The van der Waals surface area contributed by atoms with Crippen molar-refractivity contribution in [3.63, 3.8) is 0 Å². The number of fused-ring (bicyclic) bond motifs is 6. The van der Waals surface area contributed by atoms with Gasteiger partial charge in [0.05, 0.1) is 30.0 Å². The minimum atomic E-state index is -2.61. The SMILES string of the molecule is COCCCOc1ccc2c(c1)C1C(OCC(F)F)CC(C)(C)N1n1cc(C(=O)O)c(=O)cc1-2. The van der Waals surface area contributed by atoms with Gasteiger partial charge >= 0.3 is 5.97 Å². The van der Waals surface area contributed by atoms with Gasteiger partial charge in [-0.2, -0.15) is 0 Å². The van der Waals surface area contributed by atoms with Crippen LogP contribution in [0.25, 0.3) is 11.3 Å². The average molecular weight is 478 g/mol. The van der Waals surface area contributed by atoms with Crippen molar-refractivity contribution >= 4 is 5.97 Å². The number of aromatic carboxylic acids is 1. The molecule has 1 fully saturated rings. The Morgan fingerprint density at radius 1 is 1.26 bits per heavy atom. The summed E-state index contributed by atoms with van der Waals surface area (Å²) in [6, 6.07) is 6.25. The highest BCUT2D eigenvalue weighted by atomic mass is 19.3. The van der Waals surface area contributed by atoms with Gasteiger partial charge in [0.15, 0.2) is 5.43 Å². The number of hydrogen-bond donors (Lipinski definition) is 1. The molecule has 3 heterocycles. The van der Waals surface area contributed by atoms with Crippen LogP contribution in [0, 0.1) is 0 Å². The summed E-state index contributed by atoms with van der Waals surface area (Å²) in [5.74, 6) is -0.727. The molecule has 2 aliphatic rings. The van der Waals surface area contributed by atoms with Gasteiger partial charge in [-0.15, -0.1) is 0 Å². The second-order valence-corrected chi connectivity index (χ2v) is 9.10. The van der Waals surface area contributed by atoms with Gasteiger partial charge in [-0.05, 0) is 37.6 Å². The summed E-state index contributed by atoms with van der Waals surface area (Å²) in [6.45, 7) is 4.16. The molecule has 8 nitrogen and oxygen atoms in total. The molecule has 2 aliphatic heterocycles. The number of carboxylic acids is 1. The van der Waals surface area contributed by atoms with Crippen molar-refractivity contribution in [2.75, 3.05) is 31.9 Å². The van der Waals surface area contributed by atoms with Gasteiger partial charge in [-0.3, -0.25) is 14.5 Å². The number of carbonyl (C=O) groups is 1. The average Bonchev–Trinajstić information content (AvgIpc) is 3.05. The normalized spacial score (nSPS) is 20.1. The number of alkyl halides is 2. The van der Waals surface area contributed by atoms with Crippen LogP contribution in [0.3, 0.4) is 0 Å². The Hall–Kier alpha value is -2.98. The summed E-state index contributed by atoms with van der Waals surface area (Å²) in [7, 11) is 1.62. The number of ether oxygens (including phenoxy) is 3. The molecule has 0 bridgehead atoms. The van der Waals surface area contributed by atoms with E-state index in [1.807, 2.05) is 24.9 Å². The largest absolute Gasteiger partial charge is 0.493 e. The number of hydrogen-bond acceptors (Lipinski definition) is 6. The topological polar surface area (TPSA) is 90.2 Å². The molecular formula is C24H28F2N2O6. The Labute approximate surface area is 195 Å². The number of carboxylic acid groups (broad SMARTS) is 1. The van der Waals surface area contributed by atoms with E-state index in [2.05, 4.69) is 0 Å². The van der Waals surface area contributed by atoms with Crippen LogP contribution in [0.15, 0.2) is 35.3 Å². The van der Waals surface area contributed by atoms with Crippen LogP contribution in [0.5, 0.6) is 5.75 Å². The number of halogens is 2. The standard InChI is InChI=1S/C24H28F2N2O6/c1-24(2)11-20(34-13-21(25)26)22-16-9-14(33-8-4-7-32-3)5-6-15(16)18-10-19(29)17(23(30)31)12-27(18)28(22)24/h5-6,9-10,12,20-22H,4,7-8,11,13H2,1-3H3,(H,30,31). The lowest BCUT2D eigenvalue weighted by molar-refractivity contribution is -0.0291. The van der Waals surface area contributed by atoms with Gasteiger partial charge in [-0.25, -0.2) is 13.6 Å². The van der Waals surface area contributed by atoms with Gasteiger partial charge in [-0.1, -0.05) is 0 Å². The number of nitrogens with zero attached hydrogens (tertiary/aromatic N) is 2. The first-order valence-corrected chi connectivity index (χ1v) is 11.1. The predicted molar refractivity (Wildman–Crippen MR) is 120 cm³/mol. The summed E-state index contributed by atoms with van der Waals surface area (Å²) in [5, 5.41) is 11.4. The molecule has 2 unspecified atom stereocenters. The first-order chi connectivity index (χ1) is 16.1. The zero-order valence-corrected chi connectivity index (χ0v) is 19.3. The van der Waals surface area contributed by atoms with Crippen LogP contribution in [0.1, 0.15) is 48.7 Å². The molecule has 1 aromatic heterocycles. The molecule has 34 heavy (non-hydrogen) atoms. The molecule has 1 N–H and O–H groups in total. The summed E-state index contributed by atoms with van der Waals surface area (Å²) < 4.78 is 44.3. The van der Waals surface area contributed by atoms with Crippen LogP contribution >= 0.6 is 0 Å². The lowest BCUT2D eigenvalue weighted by Gasteiger charge is -2.44. The summed E-state index contributed by atoms with van der Waals surface area (Å²) in [5.41, 5.74) is 0.445.